The molecule has 0 aliphatic rings. The Bertz CT molecular complexity index is 256. The van der Waals surface area contributed by atoms with Crippen LogP contribution in [0, 0.1) is 6.92 Å². The molecule has 0 saturated carbocycles. The Morgan fingerprint density at radius 3 is 3.00 bits per heavy atom. The summed E-state index contributed by atoms with van der Waals surface area (Å²) in [5.41, 5.74) is 1.02. The topological polar surface area (TPSA) is 40.7 Å². The van der Waals surface area contributed by atoms with Gasteiger partial charge in [0.2, 0.25) is 0 Å². The molecule has 60 valence electrons. The summed E-state index contributed by atoms with van der Waals surface area (Å²) >= 11 is 6.44. The molecule has 0 unspecified atom stereocenters. The van der Waals surface area contributed by atoms with Crippen LogP contribution in [0.3, 0.4) is 0 Å². The van der Waals surface area contributed by atoms with Gasteiger partial charge in [-0.25, -0.2) is 0 Å². The molecule has 11 heavy (non-hydrogen) atoms. The summed E-state index contributed by atoms with van der Waals surface area (Å²) in [5, 5.41) is 9.75. The van der Waals surface area contributed by atoms with E-state index in [0.717, 1.165) is 15.8 Å². The second-order valence-corrected chi connectivity index (χ2v) is 3.54. The minimum atomic E-state index is 0.733. The van der Waals surface area contributed by atoms with Crippen LogP contribution < -0.4 is 5.32 Å². The maximum atomic E-state index is 4.94. The van der Waals surface area contributed by atoms with Crippen LogP contribution in [0.4, 0.5) is 5.82 Å². The van der Waals surface area contributed by atoms with Gasteiger partial charge in [0.05, 0.1) is 0 Å². The minimum absolute atomic E-state index is 0.733. The lowest BCUT2D eigenvalue weighted by Gasteiger charge is -1.98. The van der Waals surface area contributed by atoms with Gasteiger partial charge in [-0.3, -0.25) is 5.10 Å². The molecule has 0 radical (unpaired) electrons. The van der Waals surface area contributed by atoms with E-state index in [2.05, 4.69) is 15.5 Å². The summed E-state index contributed by atoms with van der Waals surface area (Å²) in [6.45, 7) is 1.94. The molecule has 2 N–H and O–H groups in total. The molecular formula is C6H9N3S2. The summed E-state index contributed by atoms with van der Waals surface area (Å²) in [6, 6.07) is 1.91. The molecule has 0 atom stereocenters. The number of anilines is 1. The fourth-order valence-corrected chi connectivity index (χ4v) is 0.949. The zero-order valence-corrected chi connectivity index (χ0v) is 7.97. The van der Waals surface area contributed by atoms with E-state index in [1.165, 1.54) is 11.8 Å². The Balaban J connectivity index is 2.57. The number of nitrogens with zero attached hydrogens (tertiary/aromatic N) is 1. The Hall–Kier alpha value is -0.550. The predicted molar refractivity (Wildman–Crippen MR) is 53.1 cm³/mol. The molecular weight excluding hydrogens is 178 g/mol. The van der Waals surface area contributed by atoms with E-state index in [9.17, 15) is 0 Å². The molecule has 0 spiro atoms. The molecule has 1 aromatic rings. The largest absolute Gasteiger partial charge is 0.324 e. The monoisotopic (exact) mass is 187 g/mol. The van der Waals surface area contributed by atoms with Crippen LogP contribution in [0.5, 0.6) is 0 Å². The summed E-state index contributed by atoms with van der Waals surface area (Å²) in [6.07, 6.45) is 1.93. The molecule has 0 aromatic carbocycles. The summed E-state index contributed by atoms with van der Waals surface area (Å²) in [7, 11) is 0. The van der Waals surface area contributed by atoms with E-state index < -0.39 is 0 Å². The Morgan fingerprint density at radius 1 is 1.82 bits per heavy atom. The number of hydrogen-bond donors (Lipinski definition) is 2. The van der Waals surface area contributed by atoms with Gasteiger partial charge in [-0.05, 0) is 13.2 Å². The lowest BCUT2D eigenvalue weighted by Crippen LogP contribution is -2.03. The van der Waals surface area contributed by atoms with E-state index >= 15 is 0 Å². The van der Waals surface area contributed by atoms with Crippen LogP contribution in [0.15, 0.2) is 6.07 Å². The highest BCUT2D eigenvalue weighted by atomic mass is 32.2. The third kappa shape index (κ3) is 2.51. The van der Waals surface area contributed by atoms with Gasteiger partial charge in [-0.15, -0.1) is 11.8 Å². The van der Waals surface area contributed by atoms with E-state index in [0.29, 0.717) is 0 Å². The van der Waals surface area contributed by atoms with Gasteiger partial charge in [0.25, 0.3) is 0 Å². The van der Waals surface area contributed by atoms with Crippen molar-refractivity contribution in [3.8, 4) is 0 Å². The van der Waals surface area contributed by atoms with Crippen molar-refractivity contribution in [3.63, 3.8) is 0 Å². The third-order valence-electron chi connectivity index (χ3n) is 1.12. The molecule has 1 rings (SSSR count). The SMILES string of the molecule is CSC(=S)Nc1cc(C)[nH]n1. The zero-order valence-electron chi connectivity index (χ0n) is 6.34. The number of rotatable bonds is 1. The first kappa shape index (κ1) is 8.55. The van der Waals surface area contributed by atoms with Crippen LogP contribution in [-0.4, -0.2) is 20.8 Å². The quantitative estimate of drug-likeness (QED) is 0.657. The number of nitrogens with one attached hydrogen (secondary N) is 2. The normalized spacial score (nSPS) is 9.64. The maximum absolute atomic E-state index is 4.94. The van der Waals surface area contributed by atoms with Gasteiger partial charge in [0.1, 0.15) is 4.32 Å². The first-order chi connectivity index (χ1) is 5.22. The second kappa shape index (κ2) is 3.73. The number of thioether (sulfide) groups is 1. The number of hydrogen-bond acceptors (Lipinski definition) is 3. The molecule has 0 aliphatic carbocycles. The molecule has 5 heteroatoms. The van der Waals surface area contributed by atoms with Crippen molar-refractivity contribution in [1.29, 1.82) is 0 Å². The lowest BCUT2D eigenvalue weighted by molar-refractivity contribution is 1.05. The van der Waals surface area contributed by atoms with E-state index in [-0.39, 0.29) is 0 Å². The highest BCUT2D eigenvalue weighted by molar-refractivity contribution is 8.22. The molecule has 0 aliphatic heterocycles. The molecule has 0 bridgehead atoms. The van der Waals surface area contributed by atoms with Crippen molar-refractivity contribution in [2.24, 2.45) is 0 Å². The Morgan fingerprint density at radius 2 is 2.55 bits per heavy atom. The Kier molecular flexibility index (Phi) is 2.90. The average Bonchev–Trinajstić information content (AvgIpc) is 2.35. The van der Waals surface area contributed by atoms with Crippen molar-refractivity contribution in [1.82, 2.24) is 10.2 Å². The molecule has 0 fully saturated rings. The van der Waals surface area contributed by atoms with Crippen LogP contribution in [0.25, 0.3) is 0 Å². The van der Waals surface area contributed by atoms with Crippen molar-refractivity contribution in [2.75, 3.05) is 11.6 Å². The van der Waals surface area contributed by atoms with Gasteiger partial charge in [0, 0.05) is 11.8 Å². The van der Waals surface area contributed by atoms with Crippen LogP contribution in [0.1, 0.15) is 5.69 Å². The Labute approximate surface area is 75.0 Å². The van der Waals surface area contributed by atoms with Gasteiger partial charge in [0.15, 0.2) is 5.82 Å². The van der Waals surface area contributed by atoms with Crippen molar-refractivity contribution >= 4 is 34.1 Å². The van der Waals surface area contributed by atoms with Crippen molar-refractivity contribution < 1.29 is 0 Å². The number of aromatic amines is 1. The van der Waals surface area contributed by atoms with Gasteiger partial charge >= 0.3 is 0 Å². The smallest absolute Gasteiger partial charge is 0.153 e. The number of aryl methyl sites for hydroxylation is 1. The fourth-order valence-electron chi connectivity index (χ4n) is 0.638. The van der Waals surface area contributed by atoms with Crippen LogP contribution in [-0.2, 0) is 0 Å². The minimum Gasteiger partial charge on any atom is -0.324 e. The van der Waals surface area contributed by atoms with Crippen LogP contribution >= 0.6 is 24.0 Å². The average molecular weight is 187 g/mol. The summed E-state index contributed by atoms with van der Waals surface area (Å²) in [4.78, 5) is 0. The lowest BCUT2D eigenvalue weighted by atomic mass is 10.5. The summed E-state index contributed by atoms with van der Waals surface area (Å²) < 4.78 is 0.733. The predicted octanol–water partition coefficient (Wildman–Crippen LogP) is 1.78. The van der Waals surface area contributed by atoms with E-state index in [4.69, 9.17) is 12.2 Å². The van der Waals surface area contributed by atoms with Gasteiger partial charge in [-0.2, -0.15) is 5.10 Å². The highest BCUT2D eigenvalue weighted by Gasteiger charge is 1.97. The molecule has 1 heterocycles. The molecule has 3 nitrogen and oxygen atoms in total. The van der Waals surface area contributed by atoms with E-state index in [1.54, 1.807) is 0 Å². The first-order valence-corrected chi connectivity index (χ1v) is 4.72. The van der Waals surface area contributed by atoms with E-state index in [1.807, 2.05) is 19.2 Å². The summed E-state index contributed by atoms with van der Waals surface area (Å²) in [5.74, 6) is 0.779. The van der Waals surface area contributed by atoms with Crippen LogP contribution in [0.2, 0.25) is 0 Å². The molecule has 0 saturated heterocycles. The maximum Gasteiger partial charge on any atom is 0.153 e. The van der Waals surface area contributed by atoms with Gasteiger partial charge < -0.3 is 5.32 Å². The third-order valence-corrected chi connectivity index (χ3v) is 2.20. The standard InChI is InChI=1S/C6H9N3S2/c1-4-3-5(9-8-4)7-6(10)11-2/h3H,1-2H3,(H2,7,8,9,10). The number of thiocarbonyl (C=S) groups is 1. The molecule has 0 amide bonds. The first-order valence-electron chi connectivity index (χ1n) is 3.09. The number of aromatic nitrogens is 2. The fraction of sp³-hybridized carbons (Fsp3) is 0.333. The second-order valence-electron chi connectivity index (χ2n) is 2.05. The van der Waals surface area contributed by atoms with Gasteiger partial charge in [-0.1, -0.05) is 12.2 Å². The van der Waals surface area contributed by atoms with Crippen molar-refractivity contribution in [3.05, 3.63) is 11.8 Å². The van der Waals surface area contributed by atoms with Crippen molar-refractivity contribution in [2.45, 2.75) is 6.92 Å². The zero-order chi connectivity index (χ0) is 8.27. The molecule has 1 aromatic heterocycles. The highest BCUT2D eigenvalue weighted by Crippen LogP contribution is 2.07. The number of H-pyrrole nitrogens is 1.